The molecule has 7 nitrogen and oxygen atoms in total. The fourth-order valence-corrected chi connectivity index (χ4v) is 4.06. The Morgan fingerprint density at radius 3 is 2.61 bits per heavy atom. The van der Waals surface area contributed by atoms with Crippen LogP contribution in [0, 0.1) is 0 Å². The van der Waals surface area contributed by atoms with E-state index in [-0.39, 0.29) is 11.9 Å². The molecule has 0 bridgehead atoms. The van der Waals surface area contributed by atoms with Gasteiger partial charge in [0.05, 0.1) is 29.4 Å². The van der Waals surface area contributed by atoms with Crippen molar-refractivity contribution in [2.45, 2.75) is 45.9 Å². The summed E-state index contributed by atoms with van der Waals surface area (Å²) in [6.07, 6.45) is 2.62. The first-order chi connectivity index (χ1) is 15.6. The minimum atomic E-state index is -0.615. The molecule has 1 atom stereocenters. The van der Waals surface area contributed by atoms with Crippen LogP contribution in [-0.2, 0) is 11.3 Å². The Bertz CT molecular complexity index is 1170. The first-order valence-corrected chi connectivity index (χ1v) is 11.1. The van der Waals surface area contributed by atoms with Crippen LogP contribution in [0.3, 0.4) is 0 Å². The average Bonchev–Trinajstić information content (AvgIpc) is 3.24. The standard InChI is InChI=1S/C25H26ClN3O4/c1-16-14-29(23(30)19-10-9-17(13-20(19)26)22-27-11-12-32-22)21-8-6-5-7-18(21)15-28(16)24(31)33-25(2,3)4/h5-13,16H,14-15H2,1-4H3/t16-/m1/s1. The normalized spacial score (nSPS) is 16.2. The molecular formula is C25H26ClN3O4. The van der Waals surface area contributed by atoms with Crippen molar-refractivity contribution in [3.05, 3.63) is 71.1 Å². The third-order valence-corrected chi connectivity index (χ3v) is 5.67. The summed E-state index contributed by atoms with van der Waals surface area (Å²) in [7, 11) is 0. The molecule has 2 aromatic carbocycles. The van der Waals surface area contributed by atoms with Crippen molar-refractivity contribution in [2.75, 3.05) is 11.4 Å². The van der Waals surface area contributed by atoms with E-state index in [1.54, 1.807) is 34.2 Å². The zero-order chi connectivity index (χ0) is 23.8. The fourth-order valence-electron chi connectivity index (χ4n) is 3.80. The second kappa shape index (κ2) is 8.90. The molecule has 1 aromatic heterocycles. The number of anilines is 1. The molecule has 33 heavy (non-hydrogen) atoms. The highest BCUT2D eigenvalue weighted by Crippen LogP contribution is 2.32. The van der Waals surface area contributed by atoms with E-state index in [2.05, 4.69) is 4.98 Å². The number of benzene rings is 2. The highest BCUT2D eigenvalue weighted by Gasteiger charge is 2.34. The molecule has 0 saturated heterocycles. The van der Waals surface area contributed by atoms with Crippen LogP contribution in [0.25, 0.3) is 11.5 Å². The lowest BCUT2D eigenvalue weighted by atomic mass is 10.1. The summed E-state index contributed by atoms with van der Waals surface area (Å²) >= 11 is 6.51. The predicted octanol–water partition coefficient (Wildman–Crippen LogP) is 5.78. The van der Waals surface area contributed by atoms with Gasteiger partial charge in [-0.1, -0.05) is 29.8 Å². The Balaban J connectivity index is 1.67. The topological polar surface area (TPSA) is 75.9 Å². The van der Waals surface area contributed by atoms with E-state index < -0.39 is 11.7 Å². The zero-order valence-electron chi connectivity index (χ0n) is 19.0. The quantitative estimate of drug-likeness (QED) is 0.477. The van der Waals surface area contributed by atoms with E-state index in [9.17, 15) is 9.59 Å². The van der Waals surface area contributed by atoms with E-state index in [4.69, 9.17) is 20.8 Å². The van der Waals surface area contributed by atoms with Gasteiger partial charge in [-0.3, -0.25) is 9.69 Å². The number of amides is 2. The first-order valence-electron chi connectivity index (χ1n) is 10.7. The van der Waals surface area contributed by atoms with Crippen LogP contribution in [0.4, 0.5) is 10.5 Å². The second-order valence-corrected chi connectivity index (χ2v) is 9.44. The Kier molecular flexibility index (Phi) is 6.17. The number of aromatic nitrogens is 1. The summed E-state index contributed by atoms with van der Waals surface area (Å²) in [4.78, 5) is 34.0. The van der Waals surface area contributed by atoms with Crippen molar-refractivity contribution in [2.24, 2.45) is 0 Å². The Hall–Kier alpha value is -3.32. The van der Waals surface area contributed by atoms with Gasteiger partial charge in [0.1, 0.15) is 11.9 Å². The van der Waals surface area contributed by atoms with Gasteiger partial charge in [-0.15, -0.1) is 0 Å². The van der Waals surface area contributed by atoms with Gasteiger partial charge in [0.15, 0.2) is 0 Å². The van der Waals surface area contributed by atoms with Crippen LogP contribution >= 0.6 is 11.6 Å². The number of hydrogen-bond donors (Lipinski definition) is 0. The van der Waals surface area contributed by atoms with Crippen LogP contribution in [-0.4, -0.2) is 40.1 Å². The van der Waals surface area contributed by atoms with Gasteiger partial charge >= 0.3 is 6.09 Å². The summed E-state index contributed by atoms with van der Waals surface area (Å²) in [5, 5.41) is 0.300. The first kappa shape index (κ1) is 22.9. The highest BCUT2D eigenvalue weighted by molar-refractivity contribution is 6.34. The predicted molar refractivity (Wildman–Crippen MR) is 126 cm³/mol. The highest BCUT2D eigenvalue weighted by atomic mass is 35.5. The van der Waals surface area contributed by atoms with E-state index in [0.29, 0.717) is 35.1 Å². The molecule has 1 aliphatic rings. The lowest BCUT2D eigenvalue weighted by molar-refractivity contribution is 0.0167. The number of para-hydroxylation sites is 1. The Morgan fingerprint density at radius 1 is 1.18 bits per heavy atom. The Morgan fingerprint density at radius 2 is 1.94 bits per heavy atom. The number of ether oxygens (including phenoxy) is 1. The summed E-state index contributed by atoms with van der Waals surface area (Å²) in [6, 6.07) is 12.4. The number of nitrogens with zero attached hydrogens (tertiary/aromatic N) is 3. The molecule has 0 spiro atoms. The van der Waals surface area contributed by atoms with Gasteiger partial charge in [0.2, 0.25) is 5.89 Å². The molecule has 0 saturated carbocycles. The molecule has 2 heterocycles. The minimum Gasteiger partial charge on any atom is -0.445 e. The molecule has 0 fully saturated rings. The molecule has 8 heteroatoms. The van der Waals surface area contributed by atoms with Gasteiger partial charge in [0.25, 0.3) is 5.91 Å². The number of carbonyl (C=O) groups is 2. The van der Waals surface area contributed by atoms with Crippen molar-refractivity contribution in [3.63, 3.8) is 0 Å². The van der Waals surface area contributed by atoms with Gasteiger partial charge in [-0.2, -0.15) is 0 Å². The maximum atomic E-state index is 13.7. The van der Waals surface area contributed by atoms with E-state index in [0.717, 1.165) is 11.3 Å². The average molecular weight is 468 g/mol. The van der Waals surface area contributed by atoms with Crippen LogP contribution < -0.4 is 4.90 Å². The lowest BCUT2D eigenvalue weighted by Gasteiger charge is -2.31. The molecule has 3 aromatic rings. The minimum absolute atomic E-state index is 0.246. The van der Waals surface area contributed by atoms with Crippen LogP contribution in [0.1, 0.15) is 43.6 Å². The van der Waals surface area contributed by atoms with E-state index in [1.807, 2.05) is 52.0 Å². The number of carbonyl (C=O) groups excluding carboxylic acids is 2. The third-order valence-electron chi connectivity index (χ3n) is 5.35. The molecular weight excluding hydrogens is 442 g/mol. The zero-order valence-corrected chi connectivity index (χ0v) is 19.8. The van der Waals surface area contributed by atoms with Gasteiger partial charge in [0, 0.05) is 17.8 Å². The van der Waals surface area contributed by atoms with Crippen molar-refractivity contribution in [1.29, 1.82) is 0 Å². The summed E-state index contributed by atoms with van der Waals surface area (Å²) in [5.41, 5.74) is 2.03. The van der Waals surface area contributed by atoms with Crippen molar-refractivity contribution >= 4 is 29.3 Å². The molecule has 0 aliphatic carbocycles. The molecule has 0 radical (unpaired) electrons. The van der Waals surface area contributed by atoms with Crippen LogP contribution in [0.15, 0.2) is 59.3 Å². The maximum absolute atomic E-state index is 13.7. The van der Waals surface area contributed by atoms with Crippen LogP contribution in [0.5, 0.6) is 0 Å². The molecule has 1 aliphatic heterocycles. The van der Waals surface area contributed by atoms with Crippen LogP contribution in [0.2, 0.25) is 5.02 Å². The number of rotatable bonds is 2. The molecule has 172 valence electrons. The lowest BCUT2D eigenvalue weighted by Crippen LogP contribution is -2.46. The third kappa shape index (κ3) is 4.88. The maximum Gasteiger partial charge on any atom is 0.410 e. The summed E-state index contributed by atoms with van der Waals surface area (Å²) in [5.74, 6) is 0.182. The number of oxazole rings is 1. The monoisotopic (exact) mass is 467 g/mol. The largest absolute Gasteiger partial charge is 0.445 e. The van der Waals surface area contributed by atoms with Gasteiger partial charge < -0.3 is 14.1 Å². The van der Waals surface area contributed by atoms with Gasteiger partial charge in [-0.05, 0) is 57.5 Å². The smallest absolute Gasteiger partial charge is 0.410 e. The fraction of sp³-hybridized carbons (Fsp3) is 0.320. The van der Waals surface area contributed by atoms with Crippen molar-refractivity contribution in [1.82, 2.24) is 9.88 Å². The van der Waals surface area contributed by atoms with Crippen molar-refractivity contribution in [3.8, 4) is 11.5 Å². The molecule has 0 unspecified atom stereocenters. The molecule has 0 N–H and O–H groups in total. The van der Waals surface area contributed by atoms with E-state index >= 15 is 0 Å². The summed E-state index contributed by atoms with van der Waals surface area (Å²) in [6.45, 7) is 8.05. The van der Waals surface area contributed by atoms with Crippen molar-refractivity contribution < 1.29 is 18.7 Å². The summed E-state index contributed by atoms with van der Waals surface area (Å²) < 4.78 is 10.9. The molecule has 4 rings (SSSR count). The number of fused-ring (bicyclic) bond motifs is 1. The van der Waals surface area contributed by atoms with Gasteiger partial charge in [-0.25, -0.2) is 9.78 Å². The van der Waals surface area contributed by atoms with E-state index in [1.165, 1.54) is 6.26 Å². The molecule has 2 amide bonds. The number of hydrogen-bond acceptors (Lipinski definition) is 5. The SMILES string of the molecule is C[C@@H]1CN(C(=O)c2ccc(-c3ncco3)cc2Cl)c2ccccc2CN1C(=O)OC(C)(C)C. The Labute approximate surface area is 197 Å². The second-order valence-electron chi connectivity index (χ2n) is 9.03. The number of halogens is 1.